The minimum atomic E-state index is 0.0906. The Morgan fingerprint density at radius 2 is 1.86 bits per heavy atom. The molecule has 0 spiro atoms. The number of carbonyl (C=O) groups excluding carboxylic acids is 1. The topological polar surface area (TPSA) is 59.3 Å². The third kappa shape index (κ3) is 5.02. The van der Waals surface area contributed by atoms with Gasteiger partial charge in [-0.1, -0.05) is 41.9 Å². The van der Waals surface area contributed by atoms with Crippen LogP contribution in [-0.2, 0) is 17.6 Å². The summed E-state index contributed by atoms with van der Waals surface area (Å²) in [6, 6.07) is 17.7. The van der Waals surface area contributed by atoms with Crippen LogP contribution in [-0.4, -0.2) is 27.0 Å². The van der Waals surface area contributed by atoms with E-state index in [0.717, 1.165) is 29.1 Å². The van der Waals surface area contributed by atoms with Gasteiger partial charge in [0.1, 0.15) is 0 Å². The van der Waals surface area contributed by atoms with Crippen molar-refractivity contribution >= 4 is 33.8 Å². The summed E-state index contributed by atoms with van der Waals surface area (Å²) in [5, 5.41) is 10.4. The molecule has 0 fully saturated rings. The Kier molecular flexibility index (Phi) is 6.22. The summed E-state index contributed by atoms with van der Waals surface area (Å²) in [5.74, 6) is 0.771. The van der Waals surface area contributed by atoms with E-state index in [1.807, 2.05) is 52.4 Å². The van der Waals surface area contributed by atoms with Crippen LogP contribution in [0.1, 0.15) is 24.1 Å². The van der Waals surface area contributed by atoms with Crippen LogP contribution in [0.5, 0.6) is 0 Å². The lowest BCUT2D eigenvalue weighted by molar-refractivity contribution is -0.121. The second-order valence-corrected chi connectivity index (χ2v) is 8.08. The molecule has 0 aliphatic heterocycles. The quantitative estimate of drug-likeness (QED) is 0.442. The molecule has 7 heteroatoms. The number of nitrogens with zero attached hydrogens (tertiary/aromatic N) is 3. The van der Waals surface area contributed by atoms with Gasteiger partial charge in [0, 0.05) is 35.4 Å². The lowest BCUT2D eigenvalue weighted by atomic mass is 10.1. The van der Waals surface area contributed by atoms with Gasteiger partial charge in [0.15, 0.2) is 5.82 Å². The molecular formula is C22H21ClN4OS. The van der Waals surface area contributed by atoms with Crippen LogP contribution in [0.3, 0.4) is 0 Å². The number of rotatable bonds is 8. The molecule has 0 unspecified atom stereocenters. The molecule has 0 radical (unpaired) electrons. The number of hydrogen-bond donors (Lipinski definition) is 1. The maximum Gasteiger partial charge on any atom is 0.220 e. The molecule has 0 atom stereocenters. The van der Waals surface area contributed by atoms with Gasteiger partial charge in [-0.3, -0.25) is 4.79 Å². The highest BCUT2D eigenvalue weighted by atomic mass is 35.5. The van der Waals surface area contributed by atoms with Gasteiger partial charge in [0.25, 0.3) is 0 Å². The molecule has 0 saturated heterocycles. The van der Waals surface area contributed by atoms with Crippen molar-refractivity contribution in [2.45, 2.75) is 25.7 Å². The summed E-state index contributed by atoms with van der Waals surface area (Å²) in [7, 11) is 0. The maximum atomic E-state index is 12.1. The first-order valence-electron chi connectivity index (χ1n) is 9.59. The summed E-state index contributed by atoms with van der Waals surface area (Å²) in [6.07, 6.45) is 3.03. The van der Waals surface area contributed by atoms with Crippen molar-refractivity contribution in [1.29, 1.82) is 0 Å². The number of thiazole rings is 1. The van der Waals surface area contributed by atoms with Crippen molar-refractivity contribution < 1.29 is 4.79 Å². The third-order valence-electron chi connectivity index (χ3n) is 4.67. The van der Waals surface area contributed by atoms with Gasteiger partial charge in [-0.05, 0) is 42.7 Å². The Labute approximate surface area is 178 Å². The number of aryl methyl sites for hydroxylation is 1. The molecule has 4 rings (SSSR count). The van der Waals surface area contributed by atoms with Gasteiger partial charge in [0.05, 0.1) is 5.69 Å². The standard InChI is InChI=1S/C22H21ClN4OS/c23-18-11-9-17(10-12-18)21-25-22-27(26-21)19(15-29-22)13-14-24-20(28)8-4-7-16-5-2-1-3-6-16/h1-3,5-6,9-12,15H,4,7-8,13-14H2,(H,24,28). The minimum absolute atomic E-state index is 0.0906. The predicted octanol–water partition coefficient (Wildman–Crippen LogP) is 4.79. The van der Waals surface area contributed by atoms with E-state index in [2.05, 4.69) is 27.5 Å². The van der Waals surface area contributed by atoms with Crippen LogP contribution < -0.4 is 5.32 Å². The first kappa shape index (κ1) is 19.6. The normalized spacial score (nSPS) is 11.1. The summed E-state index contributed by atoms with van der Waals surface area (Å²) in [5.41, 5.74) is 3.24. The van der Waals surface area contributed by atoms with E-state index < -0.39 is 0 Å². The molecule has 2 heterocycles. The lowest BCUT2D eigenvalue weighted by Gasteiger charge is -2.05. The minimum Gasteiger partial charge on any atom is -0.356 e. The van der Waals surface area contributed by atoms with Crippen LogP contribution in [0.25, 0.3) is 16.3 Å². The van der Waals surface area contributed by atoms with Crippen LogP contribution >= 0.6 is 22.9 Å². The van der Waals surface area contributed by atoms with E-state index in [-0.39, 0.29) is 5.91 Å². The molecule has 1 amide bonds. The van der Waals surface area contributed by atoms with Crippen molar-refractivity contribution in [3.63, 3.8) is 0 Å². The molecular weight excluding hydrogens is 404 g/mol. The zero-order valence-corrected chi connectivity index (χ0v) is 17.4. The fourth-order valence-corrected chi connectivity index (χ4v) is 4.12. The summed E-state index contributed by atoms with van der Waals surface area (Å²) in [4.78, 5) is 17.5. The SMILES string of the molecule is O=C(CCCc1ccccc1)NCCc1csc2nc(-c3ccc(Cl)cc3)nn12. The van der Waals surface area contributed by atoms with E-state index in [4.69, 9.17) is 11.6 Å². The number of halogens is 1. The van der Waals surface area contributed by atoms with Gasteiger partial charge in [-0.25, -0.2) is 4.52 Å². The van der Waals surface area contributed by atoms with Gasteiger partial charge >= 0.3 is 0 Å². The zero-order chi connectivity index (χ0) is 20.1. The van der Waals surface area contributed by atoms with Crippen LogP contribution in [0.2, 0.25) is 5.02 Å². The second kappa shape index (κ2) is 9.20. The van der Waals surface area contributed by atoms with E-state index in [9.17, 15) is 4.79 Å². The zero-order valence-electron chi connectivity index (χ0n) is 15.8. The Balaban J connectivity index is 1.28. The molecule has 0 aliphatic carbocycles. The maximum absolute atomic E-state index is 12.1. The number of amides is 1. The largest absolute Gasteiger partial charge is 0.356 e. The first-order chi connectivity index (χ1) is 14.2. The number of hydrogen-bond acceptors (Lipinski definition) is 4. The highest BCUT2D eigenvalue weighted by molar-refractivity contribution is 7.15. The molecule has 29 heavy (non-hydrogen) atoms. The monoisotopic (exact) mass is 424 g/mol. The van der Waals surface area contributed by atoms with E-state index in [1.54, 1.807) is 11.3 Å². The molecule has 148 valence electrons. The van der Waals surface area contributed by atoms with E-state index in [0.29, 0.717) is 30.2 Å². The molecule has 0 saturated carbocycles. The number of fused-ring (bicyclic) bond motifs is 1. The molecule has 4 aromatic rings. The van der Waals surface area contributed by atoms with Crippen LogP contribution in [0, 0.1) is 0 Å². The summed E-state index contributed by atoms with van der Waals surface area (Å²) >= 11 is 7.50. The van der Waals surface area contributed by atoms with E-state index in [1.165, 1.54) is 5.56 Å². The molecule has 1 N–H and O–H groups in total. The van der Waals surface area contributed by atoms with Gasteiger partial charge < -0.3 is 5.32 Å². The molecule has 2 aromatic heterocycles. The van der Waals surface area contributed by atoms with Crippen molar-refractivity contribution in [3.05, 3.63) is 76.3 Å². The van der Waals surface area contributed by atoms with Gasteiger partial charge in [-0.2, -0.15) is 4.98 Å². The fraction of sp³-hybridized carbons (Fsp3) is 0.227. The van der Waals surface area contributed by atoms with Crippen molar-refractivity contribution in [2.75, 3.05) is 6.54 Å². The second-order valence-electron chi connectivity index (χ2n) is 6.80. The fourth-order valence-electron chi connectivity index (χ4n) is 3.13. The van der Waals surface area contributed by atoms with Crippen LogP contribution in [0.4, 0.5) is 0 Å². The lowest BCUT2D eigenvalue weighted by Crippen LogP contribution is -2.25. The van der Waals surface area contributed by atoms with Crippen molar-refractivity contribution in [2.24, 2.45) is 0 Å². The van der Waals surface area contributed by atoms with Gasteiger partial charge in [0.2, 0.25) is 10.9 Å². The molecule has 0 bridgehead atoms. The number of nitrogens with one attached hydrogen (secondary N) is 1. The molecule has 0 aliphatic rings. The van der Waals surface area contributed by atoms with Crippen LogP contribution in [0.15, 0.2) is 60.0 Å². The first-order valence-corrected chi connectivity index (χ1v) is 10.8. The predicted molar refractivity (Wildman–Crippen MR) is 117 cm³/mol. The van der Waals surface area contributed by atoms with Gasteiger partial charge in [-0.15, -0.1) is 16.4 Å². The summed E-state index contributed by atoms with van der Waals surface area (Å²) < 4.78 is 1.86. The number of aromatic nitrogens is 3. The summed E-state index contributed by atoms with van der Waals surface area (Å²) in [6.45, 7) is 0.589. The Morgan fingerprint density at radius 3 is 2.66 bits per heavy atom. The number of benzene rings is 2. The average molecular weight is 425 g/mol. The molecule has 2 aromatic carbocycles. The number of carbonyl (C=O) groups is 1. The third-order valence-corrected chi connectivity index (χ3v) is 5.78. The van der Waals surface area contributed by atoms with Crippen molar-refractivity contribution in [3.8, 4) is 11.4 Å². The smallest absolute Gasteiger partial charge is 0.220 e. The Morgan fingerprint density at radius 1 is 1.07 bits per heavy atom. The Bertz CT molecular complexity index is 1090. The highest BCUT2D eigenvalue weighted by Gasteiger charge is 2.12. The van der Waals surface area contributed by atoms with E-state index >= 15 is 0 Å². The Hall–Kier alpha value is -2.70. The average Bonchev–Trinajstić information content (AvgIpc) is 3.31. The molecule has 5 nitrogen and oxygen atoms in total. The highest BCUT2D eigenvalue weighted by Crippen LogP contribution is 2.22. The van der Waals surface area contributed by atoms with Crippen molar-refractivity contribution in [1.82, 2.24) is 19.9 Å².